The zero-order chi connectivity index (χ0) is 23.4. The van der Waals surface area contributed by atoms with E-state index in [-0.39, 0.29) is 5.16 Å². The highest BCUT2D eigenvalue weighted by atomic mass is 31.1. The van der Waals surface area contributed by atoms with Gasteiger partial charge in [-0.1, -0.05) is 57.2 Å². The van der Waals surface area contributed by atoms with Crippen molar-refractivity contribution in [1.29, 1.82) is 0 Å². The summed E-state index contributed by atoms with van der Waals surface area (Å²) >= 11 is 0. The van der Waals surface area contributed by atoms with Gasteiger partial charge in [-0.2, -0.15) is 0 Å². The van der Waals surface area contributed by atoms with Gasteiger partial charge >= 0.3 is 0 Å². The average molecular weight is 457 g/mol. The molecule has 0 saturated carbocycles. The minimum absolute atomic E-state index is 0.103. The van der Waals surface area contributed by atoms with Crippen molar-refractivity contribution in [1.82, 2.24) is 0 Å². The molecule has 4 rings (SSSR count). The monoisotopic (exact) mass is 456 g/mol. The number of anilines is 2. The zero-order valence-corrected chi connectivity index (χ0v) is 20.1. The molecule has 33 heavy (non-hydrogen) atoms. The summed E-state index contributed by atoms with van der Waals surface area (Å²) in [6.45, 7) is 6.65. The molecule has 4 nitrogen and oxygen atoms in total. The van der Waals surface area contributed by atoms with Gasteiger partial charge in [-0.05, 0) is 73.7 Å². The maximum atomic E-state index is 6.52. The number of hydrogen-bond acceptors (Lipinski definition) is 4. The van der Waals surface area contributed by atoms with Crippen molar-refractivity contribution in [3.8, 4) is 23.0 Å². The molecule has 4 N–H and O–H groups in total. The summed E-state index contributed by atoms with van der Waals surface area (Å²) in [5.41, 5.74) is 14.5. The lowest BCUT2D eigenvalue weighted by Crippen LogP contribution is -2.29. The van der Waals surface area contributed by atoms with Crippen LogP contribution in [0, 0.1) is 0 Å². The van der Waals surface area contributed by atoms with Crippen LogP contribution < -0.4 is 31.6 Å². The van der Waals surface area contributed by atoms with E-state index in [0.717, 1.165) is 45.0 Å². The third-order valence-corrected chi connectivity index (χ3v) is 8.19. The molecule has 4 aromatic rings. The van der Waals surface area contributed by atoms with Gasteiger partial charge in [0, 0.05) is 22.0 Å². The molecule has 0 aliphatic heterocycles. The highest BCUT2D eigenvalue weighted by Crippen LogP contribution is 2.51. The molecule has 0 bridgehead atoms. The molecular formula is C28H29N2O2P. The molecular weight excluding hydrogens is 427 g/mol. The van der Waals surface area contributed by atoms with E-state index in [2.05, 4.69) is 20.8 Å². The van der Waals surface area contributed by atoms with E-state index in [0.29, 0.717) is 0 Å². The van der Waals surface area contributed by atoms with Gasteiger partial charge in [0.25, 0.3) is 0 Å². The van der Waals surface area contributed by atoms with E-state index in [1.165, 1.54) is 0 Å². The van der Waals surface area contributed by atoms with Gasteiger partial charge < -0.3 is 20.9 Å². The second kappa shape index (κ2) is 9.56. The van der Waals surface area contributed by atoms with Crippen LogP contribution in [-0.4, -0.2) is 5.16 Å². The van der Waals surface area contributed by atoms with Crippen molar-refractivity contribution in [2.24, 2.45) is 0 Å². The van der Waals surface area contributed by atoms with Crippen LogP contribution >= 0.6 is 7.92 Å². The normalized spacial score (nSPS) is 11.4. The van der Waals surface area contributed by atoms with Crippen LogP contribution in [0.3, 0.4) is 0 Å². The van der Waals surface area contributed by atoms with Crippen molar-refractivity contribution < 1.29 is 9.47 Å². The largest absolute Gasteiger partial charge is 0.457 e. The summed E-state index contributed by atoms with van der Waals surface area (Å²) in [5, 5.41) is 1.97. The Bertz CT molecular complexity index is 1130. The van der Waals surface area contributed by atoms with E-state index in [1.807, 2.05) is 97.1 Å². The minimum Gasteiger partial charge on any atom is -0.457 e. The number of nitrogen functional groups attached to an aromatic ring is 2. The predicted molar refractivity (Wildman–Crippen MR) is 141 cm³/mol. The summed E-state index contributed by atoms with van der Waals surface area (Å²) in [5.74, 6) is 3.06. The summed E-state index contributed by atoms with van der Waals surface area (Å²) in [7, 11) is -0.925. The second-order valence-corrected chi connectivity index (χ2v) is 11.8. The highest BCUT2D eigenvalue weighted by Gasteiger charge is 2.31. The fourth-order valence-electron chi connectivity index (χ4n) is 3.66. The van der Waals surface area contributed by atoms with E-state index in [9.17, 15) is 0 Å². The van der Waals surface area contributed by atoms with Crippen LogP contribution in [0.15, 0.2) is 97.1 Å². The van der Waals surface area contributed by atoms with Gasteiger partial charge in [-0.25, -0.2) is 0 Å². The van der Waals surface area contributed by atoms with Crippen LogP contribution in [0.25, 0.3) is 0 Å². The van der Waals surface area contributed by atoms with Crippen molar-refractivity contribution >= 4 is 29.9 Å². The van der Waals surface area contributed by atoms with Crippen molar-refractivity contribution in [3.63, 3.8) is 0 Å². The number of ether oxygens (including phenoxy) is 2. The molecule has 168 valence electrons. The van der Waals surface area contributed by atoms with E-state index in [1.54, 1.807) is 0 Å². The maximum Gasteiger partial charge on any atom is 0.128 e. The number of para-hydroxylation sites is 2. The zero-order valence-electron chi connectivity index (χ0n) is 19.2. The first-order valence-electron chi connectivity index (χ1n) is 10.9. The number of nitrogens with two attached hydrogens (primary N) is 2. The fourth-order valence-corrected chi connectivity index (χ4v) is 6.55. The lowest BCUT2D eigenvalue weighted by atomic mass is 10.2. The first-order chi connectivity index (χ1) is 15.8. The number of hydrogen-bond donors (Lipinski definition) is 2. The molecule has 0 atom stereocenters. The summed E-state index contributed by atoms with van der Waals surface area (Å²) in [4.78, 5) is 0. The first-order valence-corrected chi connectivity index (χ1v) is 12.2. The highest BCUT2D eigenvalue weighted by molar-refractivity contribution is 7.75. The van der Waals surface area contributed by atoms with Gasteiger partial charge in [0.15, 0.2) is 0 Å². The molecule has 0 saturated heterocycles. The van der Waals surface area contributed by atoms with E-state index >= 15 is 0 Å². The molecule has 0 radical (unpaired) electrons. The molecule has 0 spiro atoms. The predicted octanol–water partition coefficient (Wildman–Crippen LogP) is 6.67. The number of rotatable bonds is 6. The molecule has 0 amide bonds. The molecule has 0 fully saturated rings. The van der Waals surface area contributed by atoms with E-state index < -0.39 is 7.92 Å². The Hall–Kier alpha value is -3.49. The smallest absolute Gasteiger partial charge is 0.128 e. The molecule has 0 unspecified atom stereocenters. The molecule has 0 aliphatic carbocycles. The van der Waals surface area contributed by atoms with Crippen LogP contribution in [0.2, 0.25) is 0 Å². The first kappa shape index (κ1) is 22.7. The Labute approximate surface area is 196 Å². The third-order valence-electron chi connectivity index (χ3n) is 5.11. The van der Waals surface area contributed by atoms with E-state index in [4.69, 9.17) is 20.9 Å². The van der Waals surface area contributed by atoms with Crippen LogP contribution in [0.1, 0.15) is 20.8 Å². The van der Waals surface area contributed by atoms with Gasteiger partial charge in [0.05, 0.1) is 0 Å². The van der Waals surface area contributed by atoms with Crippen molar-refractivity contribution in [2.45, 2.75) is 25.9 Å². The van der Waals surface area contributed by atoms with Crippen molar-refractivity contribution in [3.05, 3.63) is 97.1 Å². The Morgan fingerprint density at radius 1 is 0.545 bits per heavy atom. The Balaban J connectivity index is 1.75. The summed E-state index contributed by atoms with van der Waals surface area (Å²) < 4.78 is 12.2. The van der Waals surface area contributed by atoms with Gasteiger partial charge in [0.1, 0.15) is 23.0 Å². The van der Waals surface area contributed by atoms with Gasteiger partial charge in [-0.3, -0.25) is 0 Å². The minimum atomic E-state index is -0.925. The Morgan fingerprint density at radius 2 is 0.939 bits per heavy atom. The topological polar surface area (TPSA) is 70.5 Å². The van der Waals surface area contributed by atoms with Crippen molar-refractivity contribution in [2.75, 3.05) is 11.5 Å². The lowest BCUT2D eigenvalue weighted by molar-refractivity contribution is 0.483. The Morgan fingerprint density at radius 3 is 1.30 bits per heavy atom. The average Bonchev–Trinajstić information content (AvgIpc) is 2.79. The molecule has 5 heteroatoms. The third kappa shape index (κ3) is 5.47. The van der Waals surface area contributed by atoms with Gasteiger partial charge in [-0.15, -0.1) is 0 Å². The lowest BCUT2D eigenvalue weighted by Gasteiger charge is -2.34. The second-order valence-electron chi connectivity index (χ2n) is 8.78. The summed E-state index contributed by atoms with van der Waals surface area (Å²) in [6, 6.07) is 31.2. The summed E-state index contributed by atoms with van der Waals surface area (Å²) in [6.07, 6.45) is 0. The standard InChI is InChI=1S/C28H29N2O2P/c1-28(2,3)33(26-18-22(14-16-24(26)29)31-20-10-6-4-7-11-20)27-19-23(15-17-25(27)30)32-21-12-8-5-9-13-21/h4-19H,29-30H2,1-3H3. The van der Waals surface area contributed by atoms with Gasteiger partial charge in [0.2, 0.25) is 0 Å². The fraction of sp³-hybridized carbons (Fsp3) is 0.143. The van der Waals surface area contributed by atoms with Crippen LogP contribution in [0.4, 0.5) is 11.4 Å². The Kier molecular flexibility index (Phi) is 6.57. The molecule has 0 aromatic heterocycles. The molecule has 4 aromatic carbocycles. The quantitative estimate of drug-likeness (QED) is 0.251. The number of benzene rings is 4. The van der Waals surface area contributed by atoms with Crippen LogP contribution in [0.5, 0.6) is 23.0 Å². The van der Waals surface area contributed by atoms with Crippen LogP contribution in [-0.2, 0) is 0 Å². The molecule has 0 heterocycles. The SMILES string of the molecule is CC(C)(C)P(c1cc(Oc2ccccc2)ccc1N)c1cc(Oc2ccccc2)ccc1N. The maximum absolute atomic E-state index is 6.52. The molecule has 0 aliphatic rings.